The molecule has 0 aliphatic heterocycles. The molecule has 1 aliphatic rings. The summed E-state index contributed by atoms with van der Waals surface area (Å²) in [6.07, 6.45) is -7.26. The van der Waals surface area contributed by atoms with Crippen molar-refractivity contribution in [2.75, 3.05) is 0 Å². The van der Waals surface area contributed by atoms with E-state index in [1.54, 1.807) is 51.1 Å². The SMILES string of the molecule is CC(C)(C)CC(C)(C(=O)OC1CCC(Oc2ccc3cc(-c4ccccc4)c(=O)oc3c2)C1(C)C(F)(F)F)C(C)(C)N. The Balaban J connectivity index is 1.62. The second-order valence-corrected chi connectivity index (χ2v) is 13.7. The van der Waals surface area contributed by atoms with Gasteiger partial charge in [0.25, 0.3) is 0 Å². The second-order valence-electron chi connectivity index (χ2n) is 13.7. The number of halogens is 3. The van der Waals surface area contributed by atoms with Crippen molar-refractivity contribution in [3.63, 3.8) is 0 Å². The fourth-order valence-corrected chi connectivity index (χ4v) is 5.87. The summed E-state index contributed by atoms with van der Waals surface area (Å²) in [6.45, 7) is 11.9. The molecule has 0 saturated heterocycles. The van der Waals surface area contributed by atoms with Gasteiger partial charge in [-0.1, -0.05) is 51.1 Å². The van der Waals surface area contributed by atoms with Gasteiger partial charge in [0.05, 0.1) is 11.0 Å². The fourth-order valence-electron chi connectivity index (χ4n) is 5.87. The number of alkyl halides is 3. The summed E-state index contributed by atoms with van der Waals surface area (Å²) >= 11 is 0. The van der Waals surface area contributed by atoms with Gasteiger partial charge >= 0.3 is 17.8 Å². The highest BCUT2D eigenvalue weighted by Crippen LogP contribution is 2.54. The molecule has 2 aromatic carbocycles. The van der Waals surface area contributed by atoms with Crippen LogP contribution in [0.1, 0.15) is 67.7 Å². The Hall–Kier alpha value is -3.33. The molecule has 9 heteroatoms. The van der Waals surface area contributed by atoms with Gasteiger partial charge in [-0.15, -0.1) is 0 Å². The number of benzene rings is 2. The summed E-state index contributed by atoms with van der Waals surface area (Å²) < 4.78 is 61.4. The first-order chi connectivity index (χ1) is 19.3. The van der Waals surface area contributed by atoms with Crippen LogP contribution in [0.25, 0.3) is 22.1 Å². The van der Waals surface area contributed by atoms with Crippen molar-refractivity contribution >= 4 is 16.9 Å². The lowest BCUT2D eigenvalue weighted by molar-refractivity contribution is -0.265. The third kappa shape index (κ3) is 5.93. The van der Waals surface area contributed by atoms with E-state index < -0.39 is 46.3 Å². The Morgan fingerprint density at radius 2 is 1.60 bits per heavy atom. The topological polar surface area (TPSA) is 91.8 Å². The van der Waals surface area contributed by atoms with Gasteiger partial charge in [0.2, 0.25) is 0 Å². The second kappa shape index (κ2) is 10.7. The maximum absolute atomic E-state index is 14.8. The molecule has 1 fully saturated rings. The predicted octanol–water partition coefficient (Wildman–Crippen LogP) is 7.66. The molecule has 4 atom stereocenters. The Kier molecular flexibility index (Phi) is 8.08. The summed E-state index contributed by atoms with van der Waals surface area (Å²) in [6, 6.07) is 15.3. The Morgan fingerprint density at radius 1 is 0.976 bits per heavy atom. The number of carbonyl (C=O) groups is 1. The summed E-state index contributed by atoms with van der Waals surface area (Å²) in [5, 5.41) is 0.597. The van der Waals surface area contributed by atoms with Crippen LogP contribution in [0.2, 0.25) is 0 Å². The standard InChI is InChI=1S/C33H40F3NO5/c1-29(2,3)19-31(6,30(4,5)37)28(39)42-26-16-15-25(32(26,7)33(34,35)36)40-22-14-13-21-17-23(20-11-9-8-10-12-20)27(38)41-24(21)18-22/h8-14,17-18,25-26H,15-16,19,37H2,1-7H3. The third-order valence-corrected chi connectivity index (χ3v) is 8.72. The van der Waals surface area contributed by atoms with E-state index >= 15 is 0 Å². The number of ether oxygens (including phenoxy) is 2. The van der Waals surface area contributed by atoms with Gasteiger partial charge in [0.1, 0.15) is 29.0 Å². The fraction of sp³-hybridized carbons (Fsp3) is 0.515. The number of esters is 1. The van der Waals surface area contributed by atoms with Crippen LogP contribution in [0.15, 0.2) is 63.8 Å². The van der Waals surface area contributed by atoms with Crippen LogP contribution in [0, 0.1) is 16.2 Å². The van der Waals surface area contributed by atoms with Crippen molar-refractivity contribution in [2.45, 2.75) is 91.7 Å². The summed E-state index contributed by atoms with van der Waals surface area (Å²) in [4.78, 5) is 26.3. The Bertz CT molecular complexity index is 1500. The molecule has 0 amide bonds. The van der Waals surface area contributed by atoms with Crippen LogP contribution in [-0.2, 0) is 9.53 Å². The van der Waals surface area contributed by atoms with Crippen LogP contribution >= 0.6 is 0 Å². The maximum atomic E-state index is 14.8. The van der Waals surface area contributed by atoms with Crippen molar-refractivity contribution in [3.05, 3.63) is 65.0 Å². The van der Waals surface area contributed by atoms with Crippen molar-refractivity contribution in [1.82, 2.24) is 0 Å². The molecule has 228 valence electrons. The minimum absolute atomic E-state index is 0.00485. The van der Waals surface area contributed by atoms with E-state index in [9.17, 15) is 22.8 Å². The summed E-state index contributed by atoms with van der Waals surface area (Å²) in [5.74, 6) is -0.640. The maximum Gasteiger partial charge on any atom is 0.401 e. The highest BCUT2D eigenvalue weighted by Gasteiger charge is 2.67. The van der Waals surface area contributed by atoms with Gasteiger partial charge in [-0.05, 0) is 76.1 Å². The molecule has 1 heterocycles. The first-order valence-electron chi connectivity index (χ1n) is 14.1. The van der Waals surface area contributed by atoms with Crippen LogP contribution < -0.4 is 16.1 Å². The van der Waals surface area contributed by atoms with Gasteiger partial charge in [-0.2, -0.15) is 13.2 Å². The molecule has 6 nitrogen and oxygen atoms in total. The number of carbonyl (C=O) groups excluding carboxylic acids is 1. The van der Waals surface area contributed by atoms with Gasteiger partial charge in [-0.25, -0.2) is 4.79 Å². The number of fused-ring (bicyclic) bond motifs is 1. The molecule has 4 unspecified atom stereocenters. The predicted molar refractivity (Wildman–Crippen MR) is 156 cm³/mol. The van der Waals surface area contributed by atoms with Gasteiger partial charge in [0, 0.05) is 17.0 Å². The molecule has 2 N–H and O–H groups in total. The molecular formula is C33H40F3NO5. The normalized spacial score (nSPS) is 23.0. The van der Waals surface area contributed by atoms with E-state index in [4.69, 9.17) is 19.6 Å². The number of hydrogen-bond donors (Lipinski definition) is 1. The minimum atomic E-state index is -4.74. The highest BCUT2D eigenvalue weighted by atomic mass is 19.4. The molecule has 1 aliphatic carbocycles. The van der Waals surface area contributed by atoms with Crippen LogP contribution in [-0.4, -0.2) is 29.9 Å². The number of hydrogen-bond acceptors (Lipinski definition) is 6. The quantitative estimate of drug-likeness (QED) is 0.225. The Morgan fingerprint density at radius 3 is 2.17 bits per heavy atom. The van der Waals surface area contributed by atoms with Crippen molar-refractivity contribution in [3.8, 4) is 16.9 Å². The number of rotatable bonds is 7. The van der Waals surface area contributed by atoms with E-state index in [1.165, 1.54) is 6.07 Å². The van der Waals surface area contributed by atoms with Crippen molar-refractivity contribution in [2.24, 2.45) is 22.0 Å². The average Bonchev–Trinajstić information content (AvgIpc) is 3.18. The molecular weight excluding hydrogens is 547 g/mol. The zero-order valence-corrected chi connectivity index (χ0v) is 25.2. The van der Waals surface area contributed by atoms with E-state index in [0.717, 1.165) is 6.92 Å². The monoisotopic (exact) mass is 587 g/mol. The van der Waals surface area contributed by atoms with Crippen molar-refractivity contribution < 1.29 is 31.9 Å². The van der Waals surface area contributed by atoms with E-state index in [-0.39, 0.29) is 29.6 Å². The van der Waals surface area contributed by atoms with Crippen molar-refractivity contribution in [1.29, 1.82) is 0 Å². The van der Waals surface area contributed by atoms with Gasteiger partial charge in [0.15, 0.2) is 0 Å². The van der Waals surface area contributed by atoms with E-state index in [2.05, 4.69) is 0 Å². The van der Waals surface area contributed by atoms with Gasteiger partial charge < -0.3 is 19.6 Å². The molecule has 0 radical (unpaired) electrons. The zero-order valence-electron chi connectivity index (χ0n) is 25.2. The molecule has 0 bridgehead atoms. The largest absolute Gasteiger partial charge is 0.489 e. The van der Waals surface area contributed by atoms with Crippen LogP contribution in [0.4, 0.5) is 13.2 Å². The molecule has 3 aromatic rings. The number of nitrogens with two attached hydrogens (primary N) is 1. The molecule has 4 rings (SSSR count). The Labute approximate surface area is 244 Å². The first kappa shape index (κ1) is 31.6. The lowest BCUT2D eigenvalue weighted by atomic mass is 9.65. The van der Waals surface area contributed by atoms with Gasteiger partial charge in [-0.3, -0.25) is 4.79 Å². The lowest BCUT2D eigenvalue weighted by Gasteiger charge is -2.45. The van der Waals surface area contributed by atoms with E-state index in [1.807, 2.05) is 39.0 Å². The smallest absolute Gasteiger partial charge is 0.401 e. The van der Waals surface area contributed by atoms with Crippen LogP contribution in [0.3, 0.4) is 0 Å². The summed E-state index contributed by atoms with van der Waals surface area (Å²) in [7, 11) is 0. The first-order valence-corrected chi connectivity index (χ1v) is 14.1. The van der Waals surface area contributed by atoms with E-state index in [0.29, 0.717) is 22.9 Å². The minimum Gasteiger partial charge on any atom is -0.489 e. The zero-order chi connectivity index (χ0) is 31.3. The molecule has 1 aromatic heterocycles. The molecule has 42 heavy (non-hydrogen) atoms. The molecule has 0 spiro atoms. The van der Waals surface area contributed by atoms with Crippen LogP contribution in [0.5, 0.6) is 5.75 Å². The third-order valence-electron chi connectivity index (χ3n) is 8.72. The average molecular weight is 588 g/mol. The summed E-state index contributed by atoms with van der Waals surface area (Å²) in [5.41, 5.74) is 1.99. The highest BCUT2D eigenvalue weighted by molar-refractivity contribution is 5.82. The lowest BCUT2D eigenvalue weighted by Crippen LogP contribution is -2.58. The molecule has 1 saturated carbocycles.